The quantitative estimate of drug-likeness (QED) is 0.269. The van der Waals surface area contributed by atoms with E-state index in [1.54, 1.807) is 0 Å². The van der Waals surface area contributed by atoms with E-state index < -0.39 is 52.5 Å². The second-order valence-corrected chi connectivity index (χ2v) is 4.79. The molecule has 0 aliphatic rings. The lowest BCUT2D eigenvalue weighted by Crippen LogP contribution is -2.13. The molecule has 2 aromatic rings. The van der Waals surface area contributed by atoms with Gasteiger partial charge < -0.3 is 4.74 Å². The van der Waals surface area contributed by atoms with E-state index in [4.69, 9.17) is 11.6 Å². The van der Waals surface area contributed by atoms with Gasteiger partial charge in [-0.05, 0) is 23.7 Å². The maximum absolute atomic E-state index is 13.5. The monoisotopic (exact) mass is 364 g/mol. The van der Waals surface area contributed by atoms with Crippen molar-refractivity contribution in [3.05, 3.63) is 70.0 Å². The smallest absolute Gasteiger partial charge is 0.339 e. The van der Waals surface area contributed by atoms with Crippen LogP contribution in [0.4, 0.5) is 22.0 Å². The summed E-state index contributed by atoms with van der Waals surface area (Å²) in [5.41, 5.74) is -1.86. The van der Waals surface area contributed by atoms with Gasteiger partial charge >= 0.3 is 5.97 Å². The van der Waals surface area contributed by atoms with Gasteiger partial charge in [0.05, 0.1) is 11.1 Å². The van der Waals surface area contributed by atoms with Crippen molar-refractivity contribution in [2.45, 2.75) is 6.61 Å². The second-order valence-electron chi connectivity index (χ2n) is 4.44. The summed E-state index contributed by atoms with van der Waals surface area (Å²) in [6, 6.07) is 5.11. The number of ether oxygens (including phenoxy) is 1. The molecule has 0 heterocycles. The van der Waals surface area contributed by atoms with Crippen molar-refractivity contribution >= 4 is 22.8 Å². The van der Waals surface area contributed by atoms with Crippen molar-refractivity contribution in [3.8, 4) is 0 Å². The zero-order valence-electron chi connectivity index (χ0n) is 11.5. The van der Waals surface area contributed by atoms with Crippen LogP contribution in [0.25, 0.3) is 0 Å². The first-order chi connectivity index (χ1) is 11.3. The first-order valence-electron chi connectivity index (χ1n) is 6.22. The van der Waals surface area contributed by atoms with E-state index in [1.165, 1.54) is 18.2 Å². The molecule has 0 amide bonds. The molecule has 0 radical (unpaired) electrons. The van der Waals surface area contributed by atoms with Gasteiger partial charge in [-0.3, -0.25) is 4.79 Å². The largest absolute Gasteiger partial charge is 0.457 e. The van der Waals surface area contributed by atoms with Crippen LogP contribution in [0, 0.1) is 29.1 Å². The normalized spacial score (nSPS) is 10.6. The molecule has 3 nitrogen and oxygen atoms in total. The molecule has 0 saturated heterocycles. The van der Waals surface area contributed by atoms with E-state index in [0.29, 0.717) is 0 Å². The van der Waals surface area contributed by atoms with Gasteiger partial charge in [-0.15, -0.1) is 0 Å². The Kier molecular flexibility index (Phi) is 5.18. The average Bonchev–Trinajstić information content (AvgIpc) is 2.58. The van der Waals surface area contributed by atoms with Crippen LogP contribution < -0.4 is 0 Å². The molecule has 0 spiro atoms. The highest BCUT2D eigenvalue weighted by Crippen LogP contribution is 2.24. The minimum absolute atomic E-state index is 0.235. The topological polar surface area (TPSA) is 43.4 Å². The fraction of sp³-hybridized carbons (Fsp3) is 0.0667. The van der Waals surface area contributed by atoms with E-state index in [0.717, 1.165) is 6.07 Å². The maximum atomic E-state index is 13.5. The Morgan fingerprint density at radius 2 is 1.29 bits per heavy atom. The number of carbonyl (C=O) groups excluding carboxylic acids is 2. The van der Waals surface area contributed by atoms with E-state index in [1.807, 2.05) is 0 Å². The number of esters is 1. The molecule has 0 aromatic heterocycles. The number of rotatable bonds is 4. The van der Waals surface area contributed by atoms with Crippen LogP contribution in [0.15, 0.2) is 24.3 Å². The molecule has 0 aliphatic carbocycles. The summed E-state index contributed by atoms with van der Waals surface area (Å²) in [5.74, 6) is -12.1. The Morgan fingerprint density at radius 3 is 1.79 bits per heavy atom. The Balaban J connectivity index is 2.30. The van der Waals surface area contributed by atoms with Crippen LogP contribution in [0.3, 0.4) is 0 Å². The highest BCUT2D eigenvalue weighted by molar-refractivity contribution is 6.68. The van der Waals surface area contributed by atoms with Gasteiger partial charge in [0.25, 0.3) is 5.24 Å². The number of hydrogen-bond donors (Lipinski definition) is 0. The van der Waals surface area contributed by atoms with Crippen LogP contribution >= 0.6 is 11.6 Å². The van der Waals surface area contributed by atoms with E-state index >= 15 is 0 Å². The van der Waals surface area contributed by atoms with E-state index in [9.17, 15) is 31.5 Å². The first-order valence-corrected chi connectivity index (χ1v) is 6.59. The van der Waals surface area contributed by atoms with Crippen molar-refractivity contribution in [1.82, 2.24) is 0 Å². The summed E-state index contributed by atoms with van der Waals surface area (Å²) in [7, 11) is 0. The van der Waals surface area contributed by atoms with Gasteiger partial charge in [0.15, 0.2) is 23.3 Å². The van der Waals surface area contributed by atoms with Gasteiger partial charge in [0.1, 0.15) is 6.61 Å². The predicted octanol–water partition coefficient (Wildman–Crippen LogP) is 4.12. The number of benzene rings is 2. The van der Waals surface area contributed by atoms with Crippen molar-refractivity contribution in [2.75, 3.05) is 0 Å². The highest BCUT2D eigenvalue weighted by Gasteiger charge is 2.27. The van der Waals surface area contributed by atoms with Gasteiger partial charge in [-0.2, -0.15) is 0 Å². The number of carbonyl (C=O) groups is 2. The van der Waals surface area contributed by atoms with Gasteiger partial charge in [0.2, 0.25) is 5.82 Å². The Morgan fingerprint density at radius 1 is 0.833 bits per heavy atom. The average molecular weight is 365 g/mol. The third-order valence-corrected chi connectivity index (χ3v) is 3.21. The van der Waals surface area contributed by atoms with Crippen molar-refractivity contribution in [1.29, 1.82) is 0 Å². The maximum Gasteiger partial charge on any atom is 0.339 e. The predicted molar refractivity (Wildman–Crippen MR) is 72.0 cm³/mol. The lowest BCUT2D eigenvalue weighted by atomic mass is 10.1. The van der Waals surface area contributed by atoms with Crippen LogP contribution in [0.5, 0.6) is 0 Å². The molecule has 126 valence electrons. The lowest BCUT2D eigenvalue weighted by molar-refractivity contribution is 0.0460. The first kappa shape index (κ1) is 17.9. The van der Waals surface area contributed by atoms with Crippen LogP contribution in [0.2, 0.25) is 0 Å². The Bertz CT molecular complexity index is 809. The molecular formula is C15H6ClF5O3. The van der Waals surface area contributed by atoms with Crippen LogP contribution in [0.1, 0.15) is 26.3 Å². The van der Waals surface area contributed by atoms with Gasteiger partial charge in [-0.25, -0.2) is 26.7 Å². The Labute approximate surface area is 136 Å². The van der Waals surface area contributed by atoms with Crippen LogP contribution in [-0.2, 0) is 11.3 Å². The summed E-state index contributed by atoms with van der Waals surface area (Å²) in [6.45, 7) is -1.23. The fourth-order valence-corrected chi connectivity index (χ4v) is 1.99. The Hall–Kier alpha value is -2.48. The van der Waals surface area contributed by atoms with Gasteiger partial charge in [-0.1, -0.05) is 12.1 Å². The molecule has 2 aromatic carbocycles. The molecule has 9 heteroatoms. The second kappa shape index (κ2) is 6.96. The standard InChI is InChI=1S/C15H6ClF5O3/c16-14(22)6-3-1-2-4-7(6)15(23)24-5-8-9(17)11(19)13(21)12(20)10(8)18/h1-4H,5H2. The van der Waals surface area contributed by atoms with Crippen molar-refractivity contribution in [3.63, 3.8) is 0 Å². The summed E-state index contributed by atoms with van der Waals surface area (Å²) in [6.07, 6.45) is 0. The van der Waals surface area contributed by atoms with Crippen molar-refractivity contribution < 1.29 is 36.3 Å². The third kappa shape index (κ3) is 3.23. The molecule has 2 rings (SSSR count). The summed E-state index contributed by atoms with van der Waals surface area (Å²) in [5, 5.41) is -0.987. The zero-order chi connectivity index (χ0) is 18.0. The molecule has 0 N–H and O–H groups in total. The lowest BCUT2D eigenvalue weighted by Gasteiger charge is -2.10. The molecule has 0 unspecified atom stereocenters. The molecule has 0 aliphatic heterocycles. The minimum atomic E-state index is -2.32. The minimum Gasteiger partial charge on any atom is -0.457 e. The molecule has 0 bridgehead atoms. The van der Waals surface area contributed by atoms with Crippen LogP contribution in [-0.4, -0.2) is 11.2 Å². The van der Waals surface area contributed by atoms with Crippen molar-refractivity contribution in [2.24, 2.45) is 0 Å². The summed E-state index contributed by atoms with van der Waals surface area (Å²) >= 11 is 5.27. The summed E-state index contributed by atoms with van der Waals surface area (Å²) in [4.78, 5) is 23.0. The van der Waals surface area contributed by atoms with Gasteiger partial charge in [0, 0.05) is 5.56 Å². The molecule has 0 saturated carbocycles. The highest BCUT2D eigenvalue weighted by atomic mass is 35.5. The molecule has 0 atom stereocenters. The number of hydrogen-bond acceptors (Lipinski definition) is 3. The molecule has 24 heavy (non-hydrogen) atoms. The summed E-state index contributed by atoms with van der Waals surface area (Å²) < 4.78 is 70.5. The number of halogens is 6. The van der Waals surface area contributed by atoms with E-state index in [-0.39, 0.29) is 11.1 Å². The fourth-order valence-electron chi connectivity index (χ4n) is 1.83. The third-order valence-electron chi connectivity index (χ3n) is 3.01. The molecule has 0 fully saturated rings. The van der Waals surface area contributed by atoms with E-state index in [2.05, 4.69) is 4.74 Å². The zero-order valence-corrected chi connectivity index (χ0v) is 12.3. The SMILES string of the molecule is O=C(Cl)c1ccccc1C(=O)OCc1c(F)c(F)c(F)c(F)c1F. The molecular weight excluding hydrogens is 359 g/mol.